The van der Waals surface area contributed by atoms with Crippen LogP contribution in [0.15, 0.2) is 47.2 Å². The molecule has 1 fully saturated rings. The van der Waals surface area contributed by atoms with Crippen LogP contribution in [-0.2, 0) is 25.7 Å². The molecule has 0 bridgehead atoms. The van der Waals surface area contributed by atoms with Gasteiger partial charge in [-0.25, -0.2) is 4.79 Å². The normalized spacial score (nSPS) is 22.8. The van der Waals surface area contributed by atoms with Crippen LogP contribution in [0.2, 0.25) is 0 Å². The van der Waals surface area contributed by atoms with Gasteiger partial charge >= 0.3 is 6.09 Å². The third kappa shape index (κ3) is 5.15. The number of fused-ring (bicyclic) bond motifs is 1. The van der Waals surface area contributed by atoms with Crippen molar-refractivity contribution in [2.75, 3.05) is 20.2 Å². The number of benzene rings is 1. The maximum Gasteiger partial charge on any atom is 0.410 e. The van der Waals surface area contributed by atoms with Crippen LogP contribution < -0.4 is 10.8 Å². The molecule has 0 radical (unpaired) electrons. The van der Waals surface area contributed by atoms with Gasteiger partial charge in [0, 0.05) is 30.7 Å². The molecule has 2 aliphatic rings. The van der Waals surface area contributed by atoms with Crippen LogP contribution in [0.25, 0.3) is 10.9 Å². The van der Waals surface area contributed by atoms with Gasteiger partial charge in [0.15, 0.2) is 0 Å². The van der Waals surface area contributed by atoms with Gasteiger partial charge in [-0.1, -0.05) is 18.2 Å². The molecule has 4 rings (SSSR count). The zero-order valence-electron chi connectivity index (χ0n) is 16.9. The number of nitrogens with zero attached hydrogens (tertiary/aromatic N) is 2. The zero-order chi connectivity index (χ0) is 21.8. The second kappa shape index (κ2) is 9.63. The van der Waals surface area contributed by atoms with E-state index in [4.69, 9.17) is 14.3 Å². The van der Waals surface area contributed by atoms with Crippen molar-refractivity contribution in [2.24, 2.45) is 0 Å². The second-order valence-electron chi connectivity index (χ2n) is 7.37. The van der Waals surface area contributed by atoms with Crippen LogP contribution in [0.5, 0.6) is 0 Å². The topological polar surface area (TPSA) is 102 Å². The van der Waals surface area contributed by atoms with E-state index in [1.807, 2.05) is 30.3 Å². The van der Waals surface area contributed by atoms with Crippen LogP contribution in [0, 0.1) is 0 Å². The Balaban J connectivity index is 1.36. The summed E-state index contributed by atoms with van der Waals surface area (Å²) in [7, 11) is 1.57. The molecule has 3 atom stereocenters. The maximum atomic E-state index is 12.8. The number of methoxy groups -OCH3 is 1. The number of pyridine rings is 1. The molecule has 0 aliphatic carbocycles. The number of hydroxylamine groups is 1. The van der Waals surface area contributed by atoms with E-state index < -0.39 is 12.1 Å². The Bertz CT molecular complexity index is 1000. The van der Waals surface area contributed by atoms with Crippen LogP contribution in [-0.4, -0.2) is 60.3 Å². The fourth-order valence-electron chi connectivity index (χ4n) is 3.62. The standard InChI is InChI=1S/C21H23BrN4O5/c1-29-16-7-18(20(27)24-10-15-8-19(22)25-31-15)26(11-16)21(28)30-12-13-6-14-4-2-3-5-17(14)23-9-13/h2-6,8-9,15-16,18,25H,7,10-12H2,1H3,(H,24,27). The lowest BCUT2D eigenvalue weighted by Crippen LogP contribution is -2.47. The number of hydrogen-bond acceptors (Lipinski definition) is 7. The van der Waals surface area contributed by atoms with Crippen LogP contribution >= 0.6 is 15.9 Å². The van der Waals surface area contributed by atoms with Gasteiger partial charge in [0.05, 0.1) is 24.7 Å². The fourth-order valence-corrected chi connectivity index (χ4v) is 4.01. The van der Waals surface area contributed by atoms with Crippen molar-refractivity contribution in [3.8, 4) is 0 Å². The highest BCUT2D eigenvalue weighted by Gasteiger charge is 2.40. The summed E-state index contributed by atoms with van der Waals surface area (Å²) in [6, 6.07) is 8.99. The number of nitrogens with one attached hydrogen (secondary N) is 2. The fraction of sp³-hybridized carbons (Fsp3) is 0.381. The number of amides is 2. The SMILES string of the molecule is COC1CC(C(=O)NCC2C=C(Br)NO2)N(C(=O)OCc2cnc3ccccc3c2)C1. The predicted octanol–water partition coefficient (Wildman–Crippen LogP) is 2.22. The average Bonchev–Trinajstić information content (AvgIpc) is 3.42. The zero-order valence-corrected chi connectivity index (χ0v) is 18.5. The molecular formula is C21H23BrN4O5. The minimum absolute atomic E-state index is 0.0690. The summed E-state index contributed by atoms with van der Waals surface area (Å²) in [5.41, 5.74) is 4.32. The quantitative estimate of drug-likeness (QED) is 0.598. The summed E-state index contributed by atoms with van der Waals surface area (Å²) in [6.07, 6.45) is 2.80. The summed E-state index contributed by atoms with van der Waals surface area (Å²) >= 11 is 3.27. The molecule has 2 N–H and O–H groups in total. The van der Waals surface area contributed by atoms with Gasteiger partial charge in [0.1, 0.15) is 23.4 Å². The summed E-state index contributed by atoms with van der Waals surface area (Å²) < 4.78 is 11.6. The maximum absolute atomic E-state index is 12.8. The molecule has 3 unspecified atom stereocenters. The second-order valence-corrected chi connectivity index (χ2v) is 8.22. The van der Waals surface area contributed by atoms with Crippen molar-refractivity contribution in [3.05, 3.63) is 52.8 Å². The van der Waals surface area contributed by atoms with Crippen molar-refractivity contribution < 1.29 is 23.9 Å². The molecule has 164 valence electrons. The molecule has 1 aromatic heterocycles. The Hall–Kier alpha value is -2.69. The van der Waals surface area contributed by atoms with Gasteiger partial charge < -0.3 is 14.8 Å². The number of carbonyl (C=O) groups excluding carboxylic acids is 2. The number of rotatable bonds is 6. The van der Waals surface area contributed by atoms with Crippen molar-refractivity contribution >= 4 is 38.8 Å². The number of hydrogen-bond donors (Lipinski definition) is 2. The molecule has 0 spiro atoms. The molecule has 2 aromatic rings. The van der Waals surface area contributed by atoms with Gasteiger partial charge in [0.2, 0.25) is 5.91 Å². The molecule has 2 amide bonds. The molecule has 31 heavy (non-hydrogen) atoms. The Morgan fingerprint density at radius 1 is 1.39 bits per heavy atom. The average molecular weight is 491 g/mol. The smallest absolute Gasteiger partial charge is 0.410 e. The molecule has 10 heteroatoms. The minimum Gasteiger partial charge on any atom is -0.444 e. The summed E-state index contributed by atoms with van der Waals surface area (Å²) in [5, 5.41) is 3.80. The van der Waals surface area contributed by atoms with E-state index in [0.717, 1.165) is 16.5 Å². The Labute approximate surface area is 187 Å². The summed E-state index contributed by atoms with van der Waals surface area (Å²) in [5.74, 6) is -0.274. The van der Waals surface area contributed by atoms with E-state index in [1.54, 1.807) is 19.4 Å². The highest BCUT2D eigenvalue weighted by atomic mass is 79.9. The molecular weight excluding hydrogens is 468 g/mol. The highest BCUT2D eigenvalue weighted by Crippen LogP contribution is 2.22. The van der Waals surface area contributed by atoms with E-state index >= 15 is 0 Å². The molecule has 1 aromatic carbocycles. The van der Waals surface area contributed by atoms with E-state index in [0.29, 0.717) is 11.0 Å². The Kier molecular flexibility index (Phi) is 6.69. The lowest BCUT2D eigenvalue weighted by atomic mass is 10.2. The monoisotopic (exact) mass is 490 g/mol. The van der Waals surface area contributed by atoms with Crippen molar-refractivity contribution in [1.82, 2.24) is 20.7 Å². The van der Waals surface area contributed by atoms with E-state index in [9.17, 15) is 9.59 Å². The van der Waals surface area contributed by atoms with Crippen molar-refractivity contribution in [1.29, 1.82) is 0 Å². The van der Waals surface area contributed by atoms with Crippen LogP contribution in [0.4, 0.5) is 4.79 Å². The first-order chi connectivity index (χ1) is 15.0. The van der Waals surface area contributed by atoms with Crippen LogP contribution in [0.3, 0.4) is 0 Å². The van der Waals surface area contributed by atoms with Gasteiger partial charge in [-0.2, -0.15) is 0 Å². The van der Waals surface area contributed by atoms with E-state index in [1.165, 1.54) is 4.90 Å². The van der Waals surface area contributed by atoms with Crippen molar-refractivity contribution in [2.45, 2.75) is 31.3 Å². The number of carbonyl (C=O) groups is 2. The number of aromatic nitrogens is 1. The van der Waals surface area contributed by atoms with Gasteiger partial charge in [0.25, 0.3) is 0 Å². The summed E-state index contributed by atoms with van der Waals surface area (Å²) in [4.78, 5) is 36.6. The van der Waals surface area contributed by atoms with E-state index in [2.05, 4.69) is 31.7 Å². The van der Waals surface area contributed by atoms with Gasteiger partial charge in [-0.3, -0.25) is 25.0 Å². The molecule has 2 aliphatic heterocycles. The van der Waals surface area contributed by atoms with Gasteiger partial charge in [-0.15, -0.1) is 0 Å². The van der Waals surface area contributed by atoms with Crippen molar-refractivity contribution in [3.63, 3.8) is 0 Å². The number of halogens is 1. The first kappa shape index (κ1) is 21.5. The lowest BCUT2D eigenvalue weighted by molar-refractivity contribution is -0.125. The van der Waals surface area contributed by atoms with Crippen LogP contribution in [0.1, 0.15) is 12.0 Å². The minimum atomic E-state index is -0.672. The number of ether oxygens (including phenoxy) is 2. The molecule has 3 heterocycles. The number of likely N-dealkylation sites (tertiary alicyclic amines) is 1. The third-order valence-corrected chi connectivity index (χ3v) is 5.69. The molecule has 1 saturated heterocycles. The Morgan fingerprint density at radius 2 is 2.23 bits per heavy atom. The van der Waals surface area contributed by atoms with Gasteiger partial charge in [-0.05, 0) is 34.1 Å². The predicted molar refractivity (Wildman–Crippen MR) is 116 cm³/mol. The Morgan fingerprint density at radius 3 is 3.00 bits per heavy atom. The number of para-hydroxylation sites is 1. The van der Waals surface area contributed by atoms with E-state index in [-0.39, 0.29) is 37.8 Å². The molecule has 0 saturated carbocycles. The summed E-state index contributed by atoms with van der Waals surface area (Å²) in [6.45, 7) is 0.636. The highest BCUT2D eigenvalue weighted by molar-refractivity contribution is 9.11. The lowest BCUT2D eigenvalue weighted by Gasteiger charge is -2.23. The third-order valence-electron chi connectivity index (χ3n) is 5.26. The first-order valence-corrected chi connectivity index (χ1v) is 10.7. The molecule has 9 nitrogen and oxygen atoms in total. The largest absolute Gasteiger partial charge is 0.444 e. The first-order valence-electron chi connectivity index (χ1n) is 9.90.